The first-order valence-electron chi connectivity index (χ1n) is 7.53. The Hall–Kier alpha value is -0.160. The summed E-state index contributed by atoms with van der Waals surface area (Å²) in [5, 5.41) is 13.4. The average molecular weight is 255 g/mol. The first-order chi connectivity index (χ1) is 8.69. The van der Waals surface area contributed by atoms with E-state index in [4.69, 9.17) is 0 Å². The Kier molecular flexibility index (Phi) is 5.42. The summed E-state index contributed by atoms with van der Waals surface area (Å²) in [6.45, 7) is 7.27. The number of aliphatic hydroxyl groups is 1. The molecule has 2 aliphatic rings. The lowest BCUT2D eigenvalue weighted by Crippen LogP contribution is -2.43. The van der Waals surface area contributed by atoms with Gasteiger partial charge in [-0.05, 0) is 45.8 Å². The van der Waals surface area contributed by atoms with E-state index in [2.05, 4.69) is 29.1 Å². The Bertz CT molecular complexity index is 245. The maximum Gasteiger partial charge on any atom is 0.0791 e. The van der Waals surface area contributed by atoms with Gasteiger partial charge in [-0.2, -0.15) is 0 Å². The fourth-order valence-electron chi connectivity index (χ4n) is 2.97. The number of likely N-dealkylation sites (tertiary alicyclic amines) is 1. The van der Waals surface area contributed by atoms with Gasteiger partial charge in [0.1, 0.15) is 0 Å². The lowest BCUT2D eigenvalue weighted by molar-refractivity contribution is 0.108. The van der Waals surface area contributed by atoms with Crippen molar-refractivity contribution in [1.82, 2.24) is 15.1 Å². The van der Waals surface area contributed by atoms with Crippen LogP contribution in [0.1, 0.15) is 32.6 Å². The van der Waals surface area contributed by atoms with Gasteiger partial charge in [-0.15, -0.1) is 0 Å². The third kappa shape index (κ3) is 4.50. The number of hydrogen-bond donors (Lipinski definition) is 2. The van der Waals surface area contributed by atoms with Gasteiger partial charge in [0.2, 0.25) is 0 Å². The molecule has 1 saturated carbocycles. The summed E-state index contributed by atoms with van der Waals surface area (Å²) >= 11 is 0. The molecule has 0 spiro atoms. The lowest BCUT2D eigenvalue weighted by atomic mass is 10.2. The van der Waals surface area contributed by atoms with Crippen molar-refractivity contribution in [3.05, 3.63) is 0 Å². The molecule has 1 saturated heterocycles. The van der Waals surface area contributed by atoms with Gasteiger partial charge in [0.05, 0.1) is 6.10 Å². The van der Waals surface area contributed by atoms with E-state index >= 15 is 0 Å². The van der Waals surface area contributed by atoms with E-state index in [1.165, 1.54) is 32.2 Å². The molecule has 1 aliphatic carbocycles. The first kappa shape index (κ1) is 14.3. The second kappa shape index (κ2) is 6.85. The molecule has 0 aromatic heterocycles. The monoisotopic (exact) mass is 255 g/mol. The standard InChI is InChI=1S/C14H29N3O/c1-3-17-8-4-5-13(17)10-16(2)11-14(18)9-15-12-6-7-12/h12-15,18H,3-11H2,1-2H3. The molecule has 1 aliphatic heterocycles. The Balaban J connectivity index is 1.62. The second-order valence-corrected chi connectivity index (χ2v) is 5.98. The van der Waals surface area contributed by atoms with E-state index in [-0.39, 0.29) is 6.10 Å². The molecule has 0 aromatic carbocycles. The van der Waals surface area contributed by atoms with Crippen LogP contribution in [0.3, 0.4) is 0 Å². The number of aliphatic hydroxyl groups excluding tert-OH is 1. The molecular weight excluding hydrogens is 226 g/mol. The number of nitrogens with one attached hydrogen (secondary N) is 1. The third-order valence-corrected chi connectivity index (χ3v) is 4.17. The van der Waals surface area contributed by atoms with Crippen LogP contribution in [0.25, 0.3) is 0 Å². The second-order valence-electron chi connectivity index (χ2n) is 5.98. The van der Waals surface area contributed by atoms with E-state index < -0.39 is 0 Å². The highest BCUT2D eigenvalue weighted by molar-refractivity contribution is 4.83. The third-order valence-electron chi connectivity index (χ3n) is 4.17. The SMILES string of the molecule is CCN1CCCC1CN(C)CC(O)CNC1CC1. The highest BCUT2D eigenvalue weighted by Crippen LogP contribution is 2.19. The Morgan fingerprint density at radius 3 is 2.83 bits per heavy atom. The molecule has 4 heteroatoms. The summed E-state index contributed by atoms with van der Waals surface area (Å²) in [4.78, 5) is 4.85. The van der Waals surface area contributed by atoms with Gasteiger partial charge < -0.3 is 15.3 Å². The molecule has 0 amide bonds. The Morgan fingerprint density at radius 2 is 2.17 bits per heavy atom. The van der Waals surface area contributed by atoms with Gasteiger partial charge in [0, 0.05) is 31.7 Å². The molecule has 2 atom stereocenters. The summed E-state index contributed by atoms with van der Waals surface area (Å²) in [7, 11) is 2.13. The highest BCUT2D eigenvalue weighted by Gasteiger charge is 2.25. The maximum absolute atomic E-state index is 9.98. The summed E-state index contributed by atoms with van der Waals surface area (Å²) in [6.07, 6.45) is 4.99. The lowest BCUT2D eigenvalue weighted by Gasteiger charge is -2.29. The zero-order valence-corrected chi connectivity index (χ0v) is 11.9. The molecule has 2 fully saturated rings. The van der Waals surface area contributed by atoms with Crippen LogP contribution in [-0.2, 0) is 0 Å². The maximum atomic E-state index is 9.98. The van der Waals surface area contributed by atoms with Gasteiger partial charge in [-0.3, -0.25) is 4.90 Å². The molecule has 2 rings (SSSR count). The number of nitrogens with zero attached hydrogens (tertiary/aromatic N) is 2. The summed E-state index contributed by atoms with van der Waals surface area (Å²) < 4.78 is 0. The van der Waals surface area contributed by atoms with Gasteiger partial charge in [-0.25, -0.2) is 0 Å². The zero-order valence-electron chi connectivity index (χ0n) is 11.9. The van der Waals surface area contributed by atoms with E-state index in [1.54, 1.807) is 0 Å². The number of likely N-dealkylation sites (N-methyl/N-ethyl adjacent to an activating group) is 2. The molecule has 106 valence electrons. The quantitative estimate of drug-likeness (QED) is 0.663. The fourth-order valence-corrected chi connectivity index (χ4v) is 2.97. The molecule has 0 radical (unpaired) electrons. The van der Waals surface area contributed by atoms with E-state index in [0.717, 1.165) is 26.2 Å². The molecule has 2 N–H and O–H groups in total. The van der Waals surface area contributed by atoms with Crippen molar-refractivity contribution in [2.24, 2.45) is 0 Å². The molecule has 4 nitrogen and oxygen atoms in total. The van der Waals surface area contributed by atoms with Crippen molar-refractivity contribution in [3.8, 4) is 0 Å². The Labute approximate surface area is 111 Å². The largest absolute Gasteiger partial charge is 0.390 e. The van der Waals surface area contributed by atoms with Crippen LogP contribution < -0.4 is 5.32 Å². The molecule has 2 unspecified atom stereocenters. The van der Waals surface area contributed by atoms with Crippen molar-refractivity contribution >= 4 is 0 Å². The van der Waals surface area contributed by atoms with Gasteiger partial charge in [0.15, 0.2) is 0 Å². The van der Waals surface area contributed by atoms with Crippen molar-refractivity contribution in [1.29, 1.82) is 0 Å². The van der Waals surface area contributed by atoms with Crippen LogP contribution in [0.5, 0.6) is 0 Å². The predicted molar refractivity (Wildman–Crippen MR) is 74.8 cm³/mol. The number of rotatable bonds is 8. The summed E-state index contributed by atoms with van der Waals surface area (Å²) in [5.41, 5.74) is 0. The normalized spacial score (nSPS) is 27.0. The summed E-state index contributed by atoms with van der Waals surface area (Å²) in [6, 6.07) is 1.39. The van der Waals surface area contributed by atoms with Gasteiger partial charge in [0.25, 0.3) is 0 Å². The van der Waals surface area contributed by atoms with Crippen LogP contribution in [0.4, 0.5) is 0 Å². The zero-order chi connectivity index (χ0) is 13.0. The Morgan fingerprint density at radius 1 is 1.39 bits per heavy atom. The van der Waals surface area contributed by atoms with E-state index in [1.807, 2.05) is 0 Å². The first-order valence-corrected chi connectivity index (χ1v) is 7.53. The van der Waals surface area contributed by atoms with Crippen LogP contribution in [0, 0.1) is 0 Å². The molecule has 1 heterocycles. The predicted octanol–water partition coefficient (Wildman–Crippen LogP) is 0.515. The van der Waals surface area contributed by atoms with Crippen LogP contribution in [-0.4, -0.2) is 72.9 Å². The minimum absolute atomic E-state index is 0.230. The van der Waals surface area contributed by atoms with Gasteiger partial charge >= 0.3 is 0 Å². The molecule has 0 aromatic rings. The van der Waals surface area contributed by atoms with Crippen LogP contribution in [0.2, 0.25) is 0 Å². The smallest absolute Gasteiger partial charge is 0.0791 e. The van der Waals surface area contributed by atoms with Crippen molar-refractivity contribution in [2.75, 3.05) is 39.8 Å². The van der Waals surface area contributed by atoms with E-state index in [9.17, 15) is 5.11 Å². The summed E-state index contributed by atoms with van der Waals surface area (Å²) in [5.74, 6) is 0. The minimum Gasteiger partial charge on any atom is -0.390 e. The van der Waals surface area contributed by atoms with Crippen molar-refractivity contribution in [3.63, 3.8) is 0 Å². The van der Waals surface area contributed by atoms with Gasteiger partial charge in [-0.1, -0.05) is 6.92 Å². The molecular formula is C14H29N3O. The van der Waals surface area contributed by atoms with E-state index in [0.29, 0.717) is 12.1 Å². The topological polar surface area (TPSA) is 38.7 Å². The molecule has 18 heavy (non-hydrogen) atoms. The highest BCUT2D eigenvalue weighted by atomic mass is 16.3. The minimum atomic E-state index is -0.230. The van der Waals surface area contributed by atoms with Crippen molar-refractivity contribution < 1.29 is 5.11 Å². The fraction of sp³-hybridized carbons (Fsp3) is 1.00. The van der Waals surface area contributed by atoms with Crippen LogP contribution >= 0.6 is 0 Å². The molecule has 0 bridgehead atoms. The average Bonchev–Trinajstić information content (AvgIpc) is 3.06. The van der Waals surface area contributed by atoms with Crippen LogP contribution in [0.15, 0.2) is 0 Å². The number of hydrogen-bond acceptors (Lipinski definition) is 4. The van der Waals surface area contributed by atoms with Crippen molar-refractivity contribution in [2.45, 2.75) is 50.8 Å².